The number of nitrogens with zero attached hydrogens (tertiary/aromatic N) is 4. The van der Waals surface area contributed by atoms with Gasteiger partial charge >= 0.3 is 48.9 Å². The van der Waals surface area contributed by atoms with Crippen LogP contribution in [0.4, 0.5) is 0 Å². The monoisotopic (exact) mass is 498 g/mol. The zero-order valence-corrected chi connectivity index (χ0v) is 22.6. The van der Waals surface area contributed by atoms with E-state index in [1.54, 1.807) is 0 Å². The maximum atomic E-state index is 4.37. The number of amidine groups is 4. The predicted octanol–water partition coefficient (Wildman–Crippen LogP) is 3.36. The minimum atomic E-state index is 0. The Labute approximate surface area is 208 Å². The molecule has 2 aliphatic heterocycles. The fourth-order valence-corrected chi connectivity index (χ4v) is 2.16. The Hall–Kier alpha value is -0.669. The topological polar surface area (TPSA) is 73.5 Å². The molecule has 0 aliphatic carbocycles. The van der Waals surface area contributed by atoms with Crippen LogP contribution in [-0.4, -0.2) is 96.4 Å². The molecular weight excluding hydrogens is 462 g/mol. The molecule has 0 amide bonds. The van der Waals surface area contributed by atoms with Crippen LogP contribution < -0.4 is 10.6 Å². The fraction of sp³-hybridized carbons (Fsp3) is 0.600. The normalized spacial score (nSPS) is 21.5. The summed E-state index contributed by atoms with van der Waals surface area (Å²) in [6, 6.07) is 1.30. The van der Waals surface area contributed by atoms with Gasteiger partial charge in [-0.25, -0.2) is 0 Å². The van der Waals surface area contributed by atoms with Gasteiger partial charge in [0.05, 0.1) is 0 Å². The SMILES string of the molecule is CC(C)N=C1C=CC(=NC(C)C)N1.CC(C)N=C1C=CC(=NC(C)C)N1.[Ba+2].[H-].[H-]. The molecule has 0 saturated heterocycles. The van der Waals surface area contributed by atoms with Gasteiger partial charge in [-0.2, -0.15) is 0 Å². The van der Waals surface area contributed by atoms with E-state index in [0.717, 1.165) is 23.3 Å². The van der Waals surface area contributed by atoms with Crippen molar-refractivity contribution in [2.24, 2.45) is 20.0 Å². The largest absolute Gasteiger partial charge is 2.00 e. The first-order valence-corrected chi connectivity index (χ1v) is 9.37. The van der Waals surface area contributed by atoms with Gasteiger partial charge in [0.1, 0.15) is 23.3 Å². The molecular formula is C20H36BaN6. The van der Waals surface area contributed by atoms with Crippen LogP contribution in [0, 0.1) is 0 Å². The first-order chi connectivity index (χ1) is 12.2. The third kappa shape index (κ3) is 12.4. The van der Waals surface area contributed by atoms with Crippen LogP contribution in [0.15, 0.2) is 44.3 Å². The fourth-order valence-electron chi connectivity index (χ4n) is 2.16. The molecule has 0 aromatic carbocycles. The Balaban J connectivity index is -0.000000422. The van der Waals surface area contributed by atoms with Gasteiger partial charge in [-0.15, -0.1) is 0 Å². The van der Waals surface area contributed by atoms with Crippen LogP contribution in [0.3, 0.4) is 0 Å². The van der Waals surface area contributed by atoms with E-state index in [1.807, 2.05) is 24.3 Å². The Morgan fingerprint density at radius 3 is 0.852 bits per heavy atom. The van der Waals surface area contributed by atoms with E-state index < -0.39 is 0 Å². The van der Waals surface area contributed by atoms with Gasteiger partial charge in [0.25, 0.3) is 0 Å². The molecule has 0 radical (unpaired) electrons. The smallest absolute Gasteiger partial charge is 1.00 e. The van der Waals surface area contributed by atoms with E-state index in [9.17, 15) is 0 Å². The second-order valence-electron chi connectivity index (χ2n) is 7.35. The molecule has 7 heteroatoms. The average molecular weight is 498 g/mol. The second kappa shape index (κ2) is 13.5. The van der Waals surface area contributed by atoms with Crippen molar-refractivity contribution in [3.8, 4) is 0 Å². The van der Waals surface area contributed by atoms with Crippen molar-refractivity contribution in [1.82, 2.24) is 10.6 Å². The molecule has 2 heterocycles. The van der Waals surface area contributed by atoms with Crippen LogP contribution in [0.25, 0.3) is 0 Å². The van der Waals surface area contributed by atoms with Crippen LogP contribution in [0.2, 0.25) is 0 Å². The molecule has 2 rings (SSSR count). The number of aliphatic imine (C=N–C) groups is 4. The Morgan fingerprint density at radius 1 is 0.519 bits per heavy atom. The van der Waals surface area contributed by atoms with E-state index in [0.29, 0.717) is 24.2 Å². The standard InChI is InChI=1S/2C10H17N3.Ba.2H/c2*1-7(2)11-9-5-6-10(13-9)12-8(3)4;;;/h2*5-8H,1-4H3,(H,11,12,13);;;/q;;+2;2*-1. The zero-order valence-electron chi connectivity index (χ0n) is 20.1. The molecule has 27 heavy (non-hydrogen) atoms. The van der Waals surface area contributed by atoms with Gasteiger partial charge < -0.3 is 13.5 Å². The second-order valence-corrected chi connectivity index (χ2v) is 7.35. The summed E-state index contributed by atoms with van der Waals surface area (Å²) < 4.78 is 0. The van der Waals surface area contributed by atoms with E-state index in [1.165, 1.54) is 0 Å². The number of nitrogens with one attached hydrogen (secondary N) is 2. The summed E-state index contributed by atoms with van der Waals surface area (Å²) in [6.45, 7) is 16.4. The van der Waals surface area contributed by atoms with Gasteiger partial charge in [-0.3, -0.25) is 20.0 Å². The molecule has 0 aromatic rings. The van der Waals surface area contributed by atoms with Crippen LogP contribution >= 0.6 is 0 Å². The summed E-state index contributed by atoms with van der Waals surface area (Å²) in [5, 5.41) is 6.28. The number of hydrogen-bond acceptors (Lipinski definition) is 4. The first kappa shape index (κ1) is 26.3. The summed E-state index contributed by atoms with van der Waals surface area (Å²) in [4.78, 5) is 17.5. The third-order valence-corrected chi connectivity index (χ3v) is 2.90. The summed E-state index contributed by atoms with van der Waals surface area (Å²) in [5.41, 5.74) is 0. The van der Waals surface area contributed by atoms with E-state index >= 15 is 0 Å². The summed E-state index contributed by atoms with van der Waals surface area (Å²) in [7, 11) is 0. The van der Waals surface area contributed by atoms with Gasteiger partial charge in [0.2, 0.25) is 0 Å². The molecule has 0 spiro atoms. The molecule has 0 bridgehead atoms. The zero-order chi connectivity index (χ0) is 19.7. The third-order valence-electron chi connectivity index (χ3n) is 2.90. The van der Waals surface area contributed by atoms with Crippen molar-refractivity contribution < 1.29 is 2.85 Å². The molecule has 0 atom stereocenters. The number of rotatable bonds is 4. The summed E-state index contributed by atoms with van der Waals surface area (Å²) in [5.74, 6) is 3.65. The Morgan fingerprint density at radius 2 is 0.704 bits per heavy atom. The quantitative estimate of drug-likeness (QED) is 0.585. The molecule has 6 nitrogen and oxygen atoms in total. The van der Waals surface area contributed by atoms with Crippen molar-refractivity contribution in [1.29, 1.82) is 0 Å². The van der Waals surface area contributed by atoms with Crippen molar-refractivity contribution in [3.63, 3.8) is 0 Å². The minimum Gasteiger partial charge on any atom is -1.00 e. The summed E-state index contributed by atoms with van der Waals surface area (Å²) >= 11 is 0. The molecule has 2 aliphatic rings. The molecule has 0 saturated carbocycles. The molecule has 0 fully saturated rings. The van der Waals surface area contributed by atoms with Crippen molar-refractivity contribution in [2.75, 3.05) is 0 Å². The van der Waals surface area contributed by atoms with Crippen LogP contribution in [0.1, 0.15) is 58.2 Å². The van der Waals surface area contributed by atoms with Crippen molar-refractivity contribution in [3.05, 3.63) is 24.3 Å². The van der Waals surface area contributed by atoms with Gasteiger partial charge in [0, 0.05) is 24.2 Å². The predicted molar refractivity (Wildman–Crippen MR) is 123 cm³/mol. The molecule has 2 N–H and O–H groups in total. The first-order valence-electron chi connectivity index (χ1n) is 9.37. The van der Waals surface area contributed by atoms with Gasteiger partial charge in [-0.1, -0.05) is 0 Å². The summed E-state index contributed by atoms with van der Waals surface area (Å²) in [6.07, 6.45) is 7.84. The van der Waals surface area contributed by atoms with E-state index in [-0.39, 0.29) is 51.7 Å². The van der Waals surface area contributed by atoms with Crippen LogP contribution in [-0.2, 0) is 0 Å². The van der Waals surface area contributed by atoms with E-state index in [2.05, 4.69) is 86.0 Å². The van der Waals surface area contributed by atoms with Gasteiger partial charge in [0.15, 0.2) is 0 Å². The number of hydrogen-bond donors (Lipinski definition) is 2. The molecule has 0 aromatic heterocycles. The Bertz CT molecular complexity index is 539. The maximum Gasteiger partial charge on any atom is 2.00 e. The minimum absolute atomic E-state index is 0. The van der Waals surface area contributed by atoms with Crippen molar-refractivity contribution >= 4 is 72.2 Å². The molecule has 0 unspecified atom stereocenters. The van der Waals surface area contributed by atoms with E-state index in [4.69, 9.17) is 0 Å². The Kier molecular flexibility index (Phi) is 13.2. The average Bonchev–Trinajstić information content (AvgIpc) is 3.07. The maximum absolute atomic E-state index is 4.37. The van der Waals surface area contributed by atoms with Gasteiger partial charge in [-0.05, 0) is 79.7 Å². The van der Waals surface area contributed by atoms with Crippen LogP contribution in [0.5, 0.6) is 0 Å². The van der Waals surface area contributed by atoms with Crippen molar-refractivity contribution in [2.45, 2.75) is 79.6 Å². The molecule has 148 valence electrons.